The van der Waals surface area contributed by atoms with Crippen LogP contribution in [0, 0.1) is 12.7 Å². The normalized spacial score (nSPS) is 15.8. The van der Waals surface area contributed by atoms with Crippen molar-refractivity contribution in [2.24, 2.45) is 0 Å². The van der Waals surface area contributed by atoms with Gasteiger partial charge >= 0.3 is 0 Å². The van der Waals surface area contributed by atoms with E-state index >= 15 is 4.39 Å². The van der Waals surface area contributed by atoms with Crippen LogP contribution < -0.4 is 15.5 Å². The number of carbonyl (C=O) groups excluding carboxylic acids is 2. The lowest BCUT2D eigenvalue weighted by Crippen LogP contribution is -2.45. The van der Waals surface area contributed by atoms with E-state index in [1.165, 1.54) is 6.07 Å². The molecule has 0 aliphatic carbocycles. The van der Waals surface area contributed by atoms with Crippen LogP contribution in [-0.4, -0.2) is 69.9 Å². The van der Waals surface area contributed by atoms with Gasteiger partial charge in [0.25, 0.3) is 11.8 Å². The van der Waals surface area contributed by atoms with Crippen LogP contribution in [0.4, 0.5) is 10.2 Å². The Kier molecular flexibility index (Phi) is 10.4. The Balaban J connectivity index is 0.859. The molecule has 0 spiro atoms. The average Bonchev–Trinajstić information content (AvgIpc) is 3.17. The number of benzene rings is 2. The number of likely N-dealkylation sites (tertiary alicyclic amines) is 1. The number of aromatic nitrogens is 3. The minimum atomic E-state index is -0.532. The van der Waals surface area contributed by atoms with Gasteiger partial charge in [0.15, 0.2) is 0 Å². The summed E-state index contributed by atoms with van der Waals surface area (Å²) in [7, 11) is 0. The van der Waals surface area contributed by atoms with Gasteiger partial charge in [0.05, 0.1) is 5.56 Å². The third-order valence-corrected chi connectivity index (χ3v) is 10.1. The number of hydrogen-bond acceptors (Lipinski definition) is 7. The largest absolute Gasteiger partial charge is 0.356 e. The summed E-state index contributed by atoms with van der Waals surface area (Å²) >= 11 is 0. The summed E-state index contributed by atoms with van der Waals surface area (Å²) in [4.78, 5) is 44.0. The molecule has 51 heavy (non-hydrogen) atoms. The number of amides is 2. The minimum absolute atomic E-state index is 0.0247. The number of nitrogens with one attached hydrogen (secondary N) is 2. The Morgan fingerprint density at radius 3 is 1.90 bits per heavy atom. The second kappa shape index (κ2) is 15.6. The van der Waals surface area contributed by atoms with Crippen LogP contribution in [0.5, 0.6) is 0 Å². The highest BCUT2D eigenvalue weighted by Gasteiger charge is 2.25. The number of carbonyl (C=O) groups is 2. The second-order valence-electron chi connectivity index (χ2n) is 13.4. The zero-order valence-corrected chi connectivity index (χ0v) is 28.8. The van der Waals surface area contributed by atoms with Gasteiger partial charge in [0.1, 0.15) is 11.6 Å². The van der Waals surface area contributed by atoms with E-state index in [0.717, 1.165) is 86.5 Å². The van der Waals surface area contributed by atoms with E-state index in [2.05, 4.69) is 42.5 Å². The summed E-state index contributed by atoms with van der Waals surface area (Å²) in [6.07, 6.45) is 12.0. The second-order valence-corrected chi connectivity index (χ2v) is 13.4. The lowest BCUT2D eigenvalue weighted by Gasteiger charge is -2.34. The van der Waals surface area contributed by atoms with E-state index in [1.807, 2.05) is 49.6 Å². The molecule has 5 aromatic rings. The molecule has 2 amide bonds. The third-order valence-electron chi connectivity index (χ3n) is 10.1. The Morgan fingerprint density at radius 1 is 0.706 bits per heavy atom. The monoisotopic (exact) mass is 683 g/mol. The first kappa shape index (κ1) is 34.0. The molecule has 7 rings (SSSR count). The van der Waals surface area contributed by atoms with Crippen molar-refractivity contribution < 1.29 is 14.0 Å². The topological polar surface area (TPSA) is 103 Å². The Hall–Kier alpha value is -5.48. The number of pyridine rings is 3. The highest BCUT2D eigenvalue weighted by atomic mass is 19.1. The number of nitrogens with zero attached hydrogens (tertiary/aromatic N) is 5. The van der Waals surface area contributed by atoms with Crippen molar-refractivity contribution in [3.05, 3.63) is 132 Å². The van der Waals surface area contributed by atoms with Crippen molar-refractivity contribution >= 4 is 17.6 Å². The van der Waals surface area contributed by atoms with E-state index < -0.39 is 11.7 Å². The van der Waals surface area contributed by atoms with Gasteiger partial charge < -0.3 is 15.5 Å². The first-order valence-electron chi connectivity index (χ1n) is 17.7. The predicted octanol–water partition coefficient (Wildman–Crippen LogP) is 6.45. The molecule has 2 aliphatic rings. The van der Waals surface area contributed by atoms with Gasteiger partial charge in [-0.3, -0.25) is 24.5 Å². The molecule has 3 aromatic heterocycles. The van der Waals surface area contributed by atoms with E-state index in [9.17, 15) is 9.59 Å². The van der Waals surface area contributed by atoms with Crippen LogP contribution in [0.3, 0.4) is 0 Å². The molecule has 0 radical (unpaired) electrons. The van der Waals surface area contributed by atoms with Crippen LogP contribution in [0.25, 0.3) is 22.3 Å². The third kappa shape index (κ3) is 7.97. The van der Waals surface area contributed by atoms with Crippen molar-refractivity contribution in [3.8, 4) is 22.3 Å². The van der Waals surface area contributed by atoms with Gasteiger partial charge in [-0.25, -0.2) is 9.37 Å². The Labute approximate surface area is 298 Å². The summed E-state index contributed by atoms with van der Waals surface area (Å²) in [6, 6.07) is 22.5. The molecule has 5 heterocycles. The van der Waals surface area contributed by atoms with Gasteiger partial charge in [-0.2, -0.15) is 0 Å². The van der Waals surface area contributed by atoms with Gasteiger partial charge in [-0.15, -0.1) is 0 Å². The molecule has 0 saturated carbocycles. The lowest BCUT2D eigenvalue weighted by molar-refractivity contribution is 0.0905. The fourth-order valence-electron chi connectivity index (χ4n) is 7.14. The van der Waals surface area contributed by atoms with Crippen molar-refractivity contribution in [2.75, 3.05) is 31.1 Å². The molecule has 2 aromatic carbocycles. The molecular weight excluding hydrogens is 641 g/mol. The summed E-state index contributed by atoms with van der Waals surface area (Å²) in [5.41, 5.74) is 5.90. The fraction of sp³-hybridized carbons (Fsp3) is 0.293. The van der Waals surface area contributed by atoms with Gasteiger partial charge in [0.2, 0.25) is 0 Å². The predicted molar refractivity (Wildman–Crippen MR) is 197 cm³/mol. The van der Waals surface area contributed by atoms with Crippen LogP contribution in [0.2, 0.25) is 0 Å². The molecule has 0 bridgehead atoms. The average molecular weight is 684 g/mol. The number of rotatable bonds is 9. The van der Waals surface area contributed by atoms with Gasteiger partial charge in [0, 0.05) is 98.0 Å². The minimum Gasteiger partial charge on any atom is -0.356 e. The molecule has 10 heteroatoms. The van der Waals surface area contributed by atoms with Crippen molar-refractivity contribution in [1.29, 1.82) is 0 Å². The van der Waals surface area contributed by atoms with Crippen LogP contribution >= 0.6 is 0 Å². The van der Waals surface area contributed by atoms with E-state index in [1.54, 1.807) is 42.9 Å². The zero-order valence-electron chi connectivity index (χ0n) is 28.8. The van der Waals surface area contributed by atoms with Gasteiger partial charge in [-0.1, -0.05) is 42.5 Å². The standard InChI is InChI=1S/C41H42FN7O2/c1-28-34(30-6-4-18-43-25-30)8-2-9-35(28)40(50)46-32-14-20-48(21-15-32)27-29-12-13-38(45-24-29)49-22-16-33(17-23-49)47-41(51)37-11-3-10-36(39(37)42)31-7-5-19-44-26-31/h2-13,18-19,24-26,32-33H,14-17,20-23,27H2,1H3,(H,46,50)(H,47,51). The molecule has 0 atom stereocenters. The Morgan fingerprint density at radius 2 is 1.29 bits per heavy atom. The number of piperidine rings is 2. The van der Waals surface area contributed by atoms with E-state index in [0.29, 0.717) is 16.7 Å². The van der Waals surface area contributed by atoms with Crippen molar-refractivity contribution in [2.45, 2.75) is 51.2 Å². The first-order chi connectivity index (χ1) is 24.9. The number of hydrogen-bond donors (Lipinski definition) is 2. The summed E-state index contributed by atoms with van der Waals surface area (Å²) in [5.74, 6) is -0.0336. The molecule has 2 aliphatic heterocycles. The molecule has 2 saturated heterocycles. The molecule has 9 nitrogen and oxygen atoms in total. The highest BCUT2D eigenvalue weighted by molar-refractivity contribution is 5.98. The zero-order chi connectivity index (χ0) is 35.2. The summed E-state index contributed by atoms with van der Waals surface area (Å²) < 4.78 is 15.3. The maximum atomic E-state index is 15.3. The van der Waals surface area contributed by atoms with Crippen molar-refractivity contribution in [1.82, 2.24) is 30.5 Å². The smallest absolute Gasteiger partial charge is 0.254 e. The molecule has 260 valence electrons. The maximum Gasteiger partial charge on any atom is 0.254 e. The molecule has 0 unspecified atom stereocenters. The fourth-order valence-corrected chi connectivity index (χ4v) is 7.14. The molecular formula is C41H42FN7O2. The SMILES string of the molecule is Cc1c(C(=O)NC2CCN(Cc3ccc(N4CCC(NC(=O)c5cccc(-c6cccnc6)c5F)CC4)nc3)CC2)cccc1-c1cccnc1. The highest BCUT2D eigenvalue weighted by Crippen LogP contribution is 2.27. The molecule has 2 N–H and O–H groups in total. The quantitative estimate of drug-likeness (QED) is 0.184. The first-order valence-corrected chi connectivity index (χ1v) is 17.7. The number of anilines is 1. The summed E-state index contributed by atoms with van der Waals surface area (Å²) in [5, 5.41) is 6.32. The number of halogens is 1. The van der Waals surface area contributed by atoms with Crippen LogP contribution in [-0.2, 0) is 6.54 Å². The van der Waals surface area contributed by atoms with Gasteiger partial charge in [-0.05, 0) is 79.6 Å². The Bertz CT molecular complexity index is 1960. The van der Waals surface area contributed by atoms with Crippen molar-refractivity contribution in [3.63, 3.8) is 0 Å². The molecule has 2 fully saturated rings. The van der Waals surface area contributed by atoms with Crippen LogP contribution in [0.15, 0.2) is 104 Å². The lowest BCUT2D eigenvalue weighted by atomic mass is 9.96. The van der Waals surface area contributed by atoms with E-state index in [4.69, 9.17) is 4.98 Å². The van der Waals surface area contributed by atoms with E-state index in [-0.39, 0.29) is 23.6 Å². The maximum absolute atomic E-state index is 15.3. The summed E-state index contributed by atoms with van der Waals surface area (Å²) in [6.45, 7) is 6.12. The van der Waals surface area contributed by atoms with Crippen LogP contribution in [0.1, 0.15) is 57.5 Å².